The van der Waals surface area contributed by atoms with Crippen molar-refractivity contribution in [1.29, 1.82) is 0 Å². The number of aliphatic imine (C=N–C) groups is 2. The van der Waals surface area contributed by atoms with E-state index in [0.717, 1.165) is 38.4 Å². The molecule has 1 saturated heterocycles. The van der Waals surface area contributed by atoms with Crippen LogP contribution in [0, 0.1) is 0 Å². The highest BCUT2D eigenvalue weighted by molar-refractivity contribution is 5.85. The summed E-state index contributed by atoms with van der Waals surface area (Å²) in [6.07, 6.45) is 1.82. The minimum atomic E-state index is 0.279. The number of hydrogen-bond donors (Lipinski definition) is 1. The van der Waals surface area contributed by atoms with Crippen LogP contribution in [0.3, 0.4) is 0 Å². The third-order valence-electron chi connectivity index (χ3n) is 2.88. The molecule has 0 atom stereocenters. The maximum atomic E-state index is 5.33. The average molecular weight is 277 g/mol. The minimum Gasteiger partial charge on any atom is -0.379 e. The summed E-state index contributed by atoms with van der Waals surface area (Å²) in [6, 6.07) is 3.85. The van der Waals surface area contributed by atoms with Gasteiger partial charge in [0.2, 0.25) is 5.96 Å². The highest BCUT2D eigenvalue weighted by Crippen LogP contribution is 2.11. The lowest BCUT2D eigenvalue weighted by molar-refractivity contribution is 0.0341. The lowest BCUT2D eigenvalue weighted by Crippen LogP contribution is -2.35. The van der Waals surface area contributed by atoms with Crippen LogP contribution in [0.25, 0.3) is 0 Å². The molecule has 1 aliphatic heterocycles. The van der Waals surface area contributed by atoms with Gasteiger partial charge in [-0.15, -0.1) is 0 Å². The Morgan fingerprint density at radius 2 is 2.30 bits per heavy atom. The standard InChI is InChI=1S/C13H19N5O2/c1-14-13(17-19-2)16-12-4-3-11(9-15-12)10-18-5-7-20-8-6-18/h3-4,9H,1,5-8,10H2,2H3,(H,15,16,17). The number of morpholine rings is 1. The number of hydrogen-bond acceptors (Lipinski definition) is 5. The summed E-state index contributed by atoms with van der Waals surface area (Å²) in [7, 11) is 1.49. The maximum Gasteiger partial charge on any atom is 0.248 e. The van der Waals surface area contributed by atoms with Gasteiger partial charge in [0.15, 0.2) is 5.82 Å². The van der Waals surface area contributed by atoms with Crippen LogP contribution in [0.2, 0.25) is 0 Å². The fourth-order valence-electron chi connectivity index (χ4n) is 1.88. The molecule has 0 spiro atoms. The summed E-state index contributed by atoms with van der Waals surface area (Å²) in [5.41, 5.74) is 3.67. The smallest absolute Gasteiger partial charge is 0.248 e. The predicted molar refractivity (Wildman–Crippen MR) is 77.1 cm³/mol. The molecule has 0 aromatic carbocycles. The molecule has 0 saturated carbocycles. The molecular weight excluding hydrogens is 258 g/mol. The van der Waals surface area contributed by atoms with E-state index in [2.05, 4.69) is 32.1 Å². The molecule has 0 radical (unpaired) electrons. The molecule has 20 heavy (non-hydrogen) atoms. The monoisotopic (exact) mass is 277 g/mol. The van der Waals surface area contributed by atoms with Crippen molar-refractivity contribution >= 4 is 18.5 Å². The molecule has 7 heteroatoms. The van der Waals surface area contributed by atoms with E-state index in [9.17, 15) is 0 Å². The molecule has 1 aromatic rings. The van der Waals surface area contributed by atoms with Gasteiger partial charge in [-0.1, -0.05) is 6.07 Å². The predicted octanol–water partition coefficient (Wildman–Crippen LogP) is 0.753. The number of rotatable bonds is 4. The molecule has 2 heterocycles. The topological polar surface area (TPSA) is 71.3 Å². The number of pyridine rings is 1. The van der Waals surface area contributed by atoms with E-state index in [1.54, 1.807) is 0 Å². The normalized spacial score (nSPS) is 16.9. The zero-order valence-corrected chi connectivity index (χ0v) is 11.6. The molecule has 1 N–H and O–H groups in total. The Bertz CT molecular complexity index is 454. The highest BCUT2D eigenvalue weighted by atomic mass is 16.6. The van der Waals surface area contributed by atoms with Crippen molar-refractivity contribution in [2.75, 3.05) is 33.4 Å². The zero-order valence-electron chi connectivity index (χ0n) is 11.6. The lowest BCUT2D eigenvalue weighted by Gasteiger charge is -2.26. The van der Waals surface area contributed by atoms with Gasteiger partial charge in [0, 0.05) is 25.8 Å². The Morgan fingerprint density at radius 3 is 2.90 bits per heavy atom. The summed E-state index contributed by atoms with van der Waals surface area (Å²) in [5, 5.41) is 0. The van der Waals surface area contributed by atoms with Crippen molar-refractivity contribution < 1.29 is 9.57 Å². The van der Waals surface area contributed by atoms with Crippen LogP contribution >= 0.6 is 0 Å². The van der Waals surface area contributed by atoms with E-state index in [0.29, 0.717) is 5.82 Å². The second-order valence-electron chi connectivity index (χ2n) is 4.31. The van der Waals surface area contributed by atoms with E-state index in [1.807, 2.05) is 18.3 Å². The first-order chi connectivity index (χ1) is 9.81. The third kappa shape index (κ3) is 4.37. The summed E-state index contributed by atoms with van der Waals surface area (Å²) in [6.45, 7) is 7.80. The largest absolute Gasteiger partial charge is 0.379 e. The Kier molecular flexibility index (Phi) is 5.60. The summed E-state index contributed by atoms with van der Waals surface area (Å²) in [5.74, 6) is 0.837. The quantitative estimate of drug-likeness (QED) is 0.499. The van der Waals surface area contributed by atoms with Crippen molar-refractivity contribution in [1.82, 2.24) is 15.4 Å². The molecular formula is C13H19N5O2. The van der Waals surface area contributed by atoms with Crippen molar-refractivity contribution in [2.24, 2.45) is 9.98 Å². The van der Waals surface area contributed by atoms with E-state index < -0.39 is 0 Å². The number of ether oxygens (including phenoxy) is 1. The average Bonchev–Trinajstić information content (AvgIpc) is 2.50. The van der Waals surface area contributed by atoms with Crippen molar-refractivity contribution in [3.05, 3.63) is 23.9 Å². The minimum absolute atomic E-state index is 0.279. The van der Waals surface area contributed by atoms with Crippen molar-refractivity contribution in [3.63, 3.8) is 0 Å². The molecule has 0 bridgehead atoms. The number of nitrogens with zero attached hydrogens (tertiary/aromatic N) is 4. The number of hydroxylamine groups is 1. The van der Waals surface area contributed by atoms with Crippen LogP contribution in [-0.2, 0) is 16.1 Å². The van der Waals surface area contributed by atoms with Gasteiger partial charge in [-0.2, -0.15) is 4.99 Å². The van der Waals surface area contributed by atoms with Crippen LogP contribution in [0.15, 0.2) is 28.3 Å². The van der Waals surface area contributed by atoms with Crippen molar-refractivity contribution in [3.8, 4) is 0 Å². The number of guanidine groups is 1. The van der Waals surface area contributed by atoms with Gasteiger partial charge in [-0.3, -0.25) is 9.74 Å². The van der Waals surface area contributed by atoms with Crippen LogP contribution in [0.5, 0.6) is 0 Å². The fraction of sp³-hybridized carbons (Fsp3) is 0.462. The zero-order chi connectivity index (χ0) is 14.2. The number of aromatic nitrogens is 1. The Balaban J connectivity index is 1.96. The molecule has 1 aromatic heterocycles. The molecule has 0 unspecified atom stereocenters. The van der Waals surface area contributed by atoms with Gasteiger partial charge < -0.3 is 4.74 Å². The van der Waals surface area contributed by atoms with Crippen LogP contribution in [-0.4, -0.2) is 56.0 Å². The summed E-state index contributed by atoms with van der Waals surface area (Å²) in [4.78, 5) is 19.2. The molecule has 0 amide bonds. The maximum absolute atomic E-state index is 5.33. The molecule has 1 aliphatic rings. The van der Waals surface area contributed by atoms with Crippen LogP contribution in [0.4, 0.5) is 5.82 Å². The number of nitrogens with one attached hydrogen (secondary N) is 1. The molecule has 108 valence electrons. The van der Waals surface area contributed by atoms with E-state index >= 15 is 0 Å². The summed E-state index contributed by atoms with van der Waals surface area (Å²) < 4.78 is 5.33. The molecule has 7 nitrogen and oxygen atoms in total. The van der Waals surface area contributed by atoms with Gasteiger partial charge in [-0.25, -0.2) is 15.5 Å². The fourth-order valence-corrected chi connectivity index (χ4v) is 1.88. The summed E-state index contributed by atoms with van der Waals surface area (Å²) >= 11 is 0. The van der Waals surface area contributed by atoms with Gasteiger partial charge in [-0.05, 0) is 18.3 Å². The lowest BCUT2D eigenvalue weighted by atomic mass is 10.2. The Hall–Kier alpha value is -1.83. The Labute approximate surface area is 118 Å². The van der Waals surface area contributed by atoms with Crippen molar-refractivity contribution in [2.45, 2.75) is 6.54 Å². The highest BCUT2D eigenvalue weighted by Gasteiger charge is 2.10. The van der Waals surface area contributed by atoms with Gasteiger partial charge in [0.1, 0.15) is 0 Å². The first-order valence-corrected chi connectivity index (χ1v) is 6.41. The van der Waals surface area contributed by atoms with Crippen LogP contribution < -0.4 is 5.48 Å². The molecule has 0 aliphatic carbocycles. The van der Waals surface area contributed by atoms with Crippen LogP contribution in [0.1, 0.15) is 5.56 Å². The molecule has 2 rings (SSSR count). The first-order valence-electron chi connectivity index (χ1n) is 6.41. The second kappa shape index (κ2) is 7.68. The molecule has 1 fully saturated rings. The first kappa shape index (κ1) is 14.6. The van der Waals surface area contributed by atoms with Gasteiger partial charge in [0.05, 0.1) is 20.3 Å². The van der Waals surface area contributed by atoms with Gasteiger partial charge >= 0.3 is 0 Å². The van der Waals surface area contributed by atoms with E-state index in [4.69, 9.17) is 9.57 Å². The SMILES string of the molecule is C=NC(=Nc1ccc(CN2CCOCC2)cn1)NOC. The van der Waals surface area contributed by atoms with Gasteiger partial charge in [0.25, 0.3) is 0 Å². The third-order valence-corrected chi connectivity index (χ3v) is 2.88. The second-order valence-corrected chi connectivity index (χ2v) is 4.31. The Morgan fingerprint density at radius 1 is 1.50 bits per heavy atom. The van der Waals surface area contributed by atoms with E-state index in [1.165, 1.54) is 7.11 Å². The van der Waals surface area contributed by atoms with E-state index in [-0.39, 0.29) is 5.96 Å².